The molecule has 2 bridgehead atoms. The Morgan fingerprint density at radius 3 is 2.05 bits per heavy atom. The summed E-state index contributed by atoms with van der Waals surface area (Å²) < 4.78 is 43.8. The standard InChI is InChI=1S/C44H70O12/c1-15-17-25-41(48,24-16-2)35-44(49,37(47)55-39(9,10)11)42(36(46)54-38(6,7)8)28-33(52-40(12,13)50-14)43(53-35,56-42)26-23-29(3)34(51-31(5)45)30(4)27-32-21-19-18-20-22-32/h18-22,30,33-35,48-49H,3,15-17,23-28H2,1-2,4-14H3/t30-,33-,34?,35?,41?,42?,43?,44?/m1/s1. The van der Waals surface area contributed by atoms with Crippen molar-refractivity contribution in [2.45, 2.75) is 199 Å². The lowest BCUT2D eigenvalue weighted by Gasteiger charge is -2.56. The number of aliphatic hydroxyl groups is 2. The van der Waals surface area contributed by atoms with Gasteiger partial charge < -0.3 is 43.4 Å². The van der Waals surface area contributed by atoms with E-state index >= 15 is 0 Å². The van der Waals surface area contributed by atoms with Gasteiger partial charge in [-0.2, -0.15) is 0 Å². The topological polar surface area (TPSA) is 156 Å². The Hall–Kier alpha value is -2.87. The number of hydrogen-bond acceptors (Lipinski definition) is 12. The third-order valence-corrected chi connectivity index (χ3v) is 10.5. The number of ether oxygens (including phenoxy) is 7. The van der Waals surface area contributed by atoms with E-state index in [0.717, 1.165) is 5.56 Å². The van der Waals surface area contributed by atoms with Crippen molar-refractivity contribution in [2.75, 3.05) is 7.11 Å². The van der Waals surface area contributed by atoms with Gasteiger partial charge >= 0.3 is 17.9 Å². The minimum Gasteiger partial charge on any atom is -0.458 e. The first-order valence-electron chi connectivity index (χ1n) is 20.1. The van der Waals surface area contributed by atoms with E-state index < -0.39 is 82.2 Å². The van der Waals surface area contributed by atoms with Crippen molar-refractivity contribution in [3.63, 3.8) is 0 Å². The van der Waals surface area contributed by atoms with Crippen LogP contribution in [0.3, 0.4) is 0 Å². The summed E-state index contributed by atoms with van der Waals surface area (Å²) in [5.74, 6) is -6.08. The number of carbonyl (C=O) groups excluding carboxylic acids is 3. The molecule has 2 N–H and O–H groups in total. The minimum atomic E-state index is -2.93. The van der Waals surface area contributed by atoms with Crippen LogP contribution < -0.4 is 0 Å². The third kappa shape index (κ3) is 10.8. The van der Waals surface area contributed by atoms with Crippen LogP contribution in [0.25, 0.3) is 0 Å². The molecule has 318 valence electrons. The summed E-state index contributed by atoms with van der Waals surface area (Å²) in [6, 6.07) is 9.83. The van der Waals surface area contributed by atoms with Gasteiger partial charge in [-0.1, -0.05) is 76.9 Å². The van der Waals surface area contributed by atoms with Crippen LogP contribution in [0, 0.1) is 5.92 Å². The molecule has 0 radical (unpaired) electrons. The number of rotatable bonds is 19. The second-order valence-electron chi connectivity index (χ2n) is 18.2. The summed E-state index contributed by atoms with van der Waals surface area (Å²) in [5, 5.41) is 26.0. The van der Waals surface area contributed by atoms with Gasteiger partial charge in [0.1, 0.15) is 29.5 Å². The number of unbranched alkanes of at least 4 members (excludes halogenated alkanes) is 1. The summed E-state index contributed by atoms with van der Waals surface area (Å²) in [5.41, 5.74) is -7.89. The number of benzene rings is 1. The molecule has 12 heteroatoms. The molecule has 2 fully saturated rings. The van der Waals surface area contributed by atoms with Crippen LogP contribution >= 0.6 is 0 Å². The summed E-state index contributed by atoms with van der Waals surface area (Å²) >= 11 is 0. The van der Waals surface area contributed by atoms with E-state index in [1.54, 1.807) is 55.4 Å². The molecule has 3 rings (SSSR count). The van der Waals surface area contributed by atoms with Crippen molar-refractivity contribution < 1.29 is 57.8 Å². The zero-order valence-corrected chi connectivity index (χ0v) is 36.2. The van der Waals surface area contributed by atoms with E-state index in [2.05, 4.69) is 6.58 Å². The van der Waals surface area contributed by atoms with Crippen LogP contribution in [0.5, 0.6) is 0 Å². The molecule has 2 saturated heterocycles. The molecule has 0 spiro atoms. The molecular weight excluding hydrogens is 720 g/mol. The molecular formula is C44H70O12. The average Bonchev–Trinajstić information content (AvgIpc) is 3.36. The smallest absolute Gasteiger partial charge is 0.345 e. The molecule has 1 aromatic rings. The van der Waals surface area contributed by atoms with Crippen LogP contribution in [0.4, 0.5) is 0 Å². The fraction of sp³-hybridized carbons (Fsp3) is 0.750. The molecule has 2 heterocycles. The lowest BCUT2D eigenvalue weighted by molar-refractivity contribution is -0.410. The molecule has 1 aromatic carbocycles. The van der Waals surface area contributed by atoms with Gasteiger partial charge in [0.15, 0.2) is 11.6 Å². The van der Waals surface area contributed by atoms with E-state index in [1.807, 2.05) is 51.1 Å². The fourth-order valence-electron chi connectivity index (χ4n) is 7.86. The molecule has 2 aliphatic heterocycles. The predicted molar refractivity (Wildman–Crippen MR) is 211 cm³/mol. The highest BCUT2D eigenvalue weighted by molar-refractivity contribution is 5.95. The Morgan fingerprint density at radius 2 is 1.54 bits per heavy atom. The van der Waals surface area contributed by atoms with Crippen molar-refractivity contribution in [3.8, 4) is 0 Å². The number of esters is 3. The van der Waals surface area contributed by atoms with Crippen LogP contribution in [0.1, 0.15) is 140 Å². The van der Waals surface area contributed by atoms with Crippen LogP contribution in [-0.2, 0) is 54.0 Å². The normalized spacial score (nSPS) is 27.5. The van der Waals surface area contributed by atoms with Gasteiger partial charge in [-0.15, -0.1) is 0 Å². The fourth-order valence-corrected chi connectivity index (χ4v) is 7.86. The average molecular weight is 791 g/mol. The number of carbonyl (C=O) groups is 3. The molecule has 8 atom stereocenters. The van der Waals surface area contributed by atoms with Crippen LogP contribution in [0.2, 0.25) is 0 Å². The molecule has 12 nitrogen and oxygen atoms in total. The largest absolute Gasteiger partial charge is 0.458 e. The second-order valence-corrected chi connectivity index (χ2v) is 18.2. The van der Waals surface area contributed by atoms with Gasteiger partial charge in [0.2, 0.25) is 11.2 Å². The molecule has 0 saturated carbocycles. The zero-order chi connectivity index (χ0) is 42.5. The van der Waals surface area contributed by atoms with E-state index in [4.69, 9.17) is 33.2 Å². The summed E-state index contributed by atoms with van der Waals surface area (Å²) in [6.07, 6.45) is -1.50. The molecule has 2 aliphatic rings. The van der Waals surface area contributed by atoms with Gasteiger partial charge in [0.05, 0.1) is 5.60 Å². The first kappa shape index (κ1) is 47.5. The first-order chi connectivity index (χ1) is 25.7. The Balaban J connectivity index is 2.32. The van der Waals surface area contributed by atoms with E-state index in [-0.39, 0.29) is 31.6 Å². The lowest BCUT2D eigenvalue weighted by atomic mass is 9.68. The lowest BCUT2D eigenvalue weighted by Crippen LogP contribution is -2.79. The first-order valence-corrected chi connectivity index (χ1v) is 20.1. The Bertz CT molecular complexity index is 1510. The van der Waals surface area contributed by atoms with Gasteiger partial charge in [-0.3, -0.25) is 4.79 Å². The summed E-state index contributed by atoms with van der Waals surface area (Å²) in [7, 11) is 1.46. The zero-order valence-electron chi connectivity index (χ0n) is 36.2. The molecule has 56 heavy (non-hydrogen) atoms. The van der Waals surface area contributed by atoms with Gasteiger partial charge in [-0.05, 0) is 92.2 Å². The highest BCUT2D eigenvalue weighted by Gasteiger charge is 2.82. The van der Waals surface area contributed by atoms with Crippen molar-refractivity contribution in [3.05, 3.63) is 48.0 Å². The van der Waals surface area contributed by atoms with Gasteiger partial charge in [0.25, 0.3) is 0 Å². The molecule has 0 aliphatic carbocycles. The van der Waals surface area contributed by atoms with Crippen molar-refractivity contribution in [1.29, 1.82) is 0 Å². The van der Waals surface area contributed by atoms with Gasteiger partial charge in [-0.25, -0.2) is 9.59 Å². The maximum absolute atomic E-state index is 14.9. The Morgan fingerprint density at radius 1 is 0.946 bits per heavy atom. The van der Waals surface area contributed by atoms with E-state index in [1.165, 1.54) is 14.0 Å². The Kier molecular flexibility index (Phi) is 15.2. The highest BCUT2D eigenvalue weighted by atomic mass is 16.8. The van der Waals surface area contributed by atoms with Crippen molar-refractivity contribution in [2.24, 2.45) is 5.92 Å². The van der Waals surface area contributed by atoms with E-state index in [0.29, 0.717) is 31.3 Å². The maximum Gasteiger partial charge on any atom is 0.345 e. The number of methoxy groups -OCH3 is 1. The third-order valence-electron chi connectivity index (χ3n) is 10.5. The highest BCUT2D eigenvalue weighted by Crippen LogP contribution is 2.59. The van der Waals surface area contributed by atoms with Crippen LogP contribution in [0.15, 0.2) is 42.5 Å². The van der Waals surface area contributed by atoms with Crippen molar-refractivity contribution in [1.82, 2.24) is 0 Å². The molecule has 6 unspecified atom stereocenters. The monoisotopic (exact) mass is 790 g/mol. The summed E-state index contributed by atoms with van der Waals surface area (Å²) in [6.45, 7) is 24.8. The molecule has 0 aromatic heterocycles. The quantitative estimate of drug-likeness (QED) is 0.0626. The van der Waals surface area contributed by atoms with E-state index in [9.17, 15) is 24.6 Å². The Labute approximate surface area is 334 Å². The van der Waals surface area contributed by atoms with Gasteiger partial charge in [0, 0.05) is 32.8 Å². The summed E-state index contributed by atoms with van der Waals surface area (Å²) in [4.78, 5) is 42.0. The van der Waals surface area contributed by atoms with Crippen LogP contribution in [-0.4, -0.2) is 93.1 Å². The predicted octanol–water partition coefficient (Wildman–Crippen LogP) is 7.29. The second kappa shape index (κ2) is 18.0. The molecule has 0 amide bonds. The minimum absolute atomic E-state index is 0.0481. The number of hydrogen-bond donors (Lipinski definition) is 2. The number of fused-ring (bicyclic) bond motifs is 2. The maximum atomic E-state index is 14.9. The van der Waals surface area contributed by atoms with Crippen molar-refractivity contribution >= 4 is 17.9 Å². The SMILES string of the molecule is C=C(CCC12OC(C(O)(CCC)CCCC)C(O)(C(=O)OC(C)(C)C)C(C(=O)OC(C)(C)C)(C[C@H]1OC(C)(C)OC)O2)C(OC(C)=O)[C@H](C)Cc1ccccc1.